The minimum absolute atomic E-state index is 0. The monoisotopic (exact) mass is 558 g/mol. The molecule has 2 aromatic rings. The first-order chi connectivity index (χ1) is 14.5. The molecule has 1 aromatic heterocycles. The highest BCUT2D eigenvalue weighted by molar-refractivity contribution is 14.0. The number of thiophene rings is 1. The van der Waals surface area contributed by atoms with Gasteiger partial charge in [-0.1, -0.05) is 18.2 Å². The van der Waals surface area contributed by atoms with E-state index in [1.54, 1.807) is 18.4 Å². The molecule has 3 N–H and O–H groups in total. The lowest BCUT2D eigenvalue weighted by Crippen LogP contribution is -2.43. The predicted molar refractivity (Wildman–Crippen MR) is 140 cm³/mol. The molecule has 1 aliphatic heterocycles. The van der Waals surface area contributed by atoms with E-state index in [2.05, 4.69) is 32.7 Å². The second kappa shape index (κ2) is 12.6. The Hall–Kier alpha value is -1.36. The average molecular weight is 559 g/mol. The van der Waals surface area contributed by atoms with Crippen molar-refractivity contribution in [2.75, 3.05) is 39.8 Å². The van der Waals surface area contributed by atoms with Crippen molar-refractivity contribution in [3.63, 3.8) is 0 Å². The number of likely N-dealkylation sites (tertiary alicyclic amines) is 1. The van der Waals surface area contributed by atoms with Gasteiger partial charge in [-0.15, -0.1) is 24.0 Å². The summed E-state index contributed by atoms with van der Waals surface area (Å²) in [5.74, 6) is 1.63. The maximum Gasteiger partial charge on any atom is 0.191 e. The number of guanidine groups is 1. The Balaban J connectivity index is 0.00000341. The second-order valence-corrected chi connectivity index (χ2v) is 8.64. The lowest BCUT2D eigenvalue weighted by atomic mass is 10.00. The van der Waals surface area contributed by atoms with Crippen LogP contribution in [-0.4, -0.2) is 55.8 Å². The van der Waals surface area contributed by atoms with Crippen LogP contribution >= 0.6 is 35.3 Å². The number of hydrogen-bond donors (Lipinski definition) is 3. The number of hydrogen-bond acceptors (Lipinski definition) is 5. The normalized spacial score (nSPS) is 17.5. The lowest BCUT2D eigenvalue weighted by Gasteiger charge is -2.30. The number of ether oxygens (including phenoxy) is 1. The highest BCUT2D eigenvalue weighted by atomic mass is 127. The van der Waals surface area contributed by atoms with Gasteiger partial charge in [-0.25, -0.2) is 4.99 Å². The van der Waals surface area contributed by atoms with E-state index in [0.717, 1.165) is 30.9 Å². The van der Waals surface area contributed by atoms with Crippen molar-refractivity contribution < 1.29 is 9.84 Å². The lowest BCUT2D eigenvalue weighted by molar-refractivity contribution is 0.0677. The summed E-state index contributed by atoms with van der Waals surface area (Å²) < 4.78 is 5.64. The fourth-order valence-electron chi connectivity index (χ4n) is 3.86. The zero-order valence-electron chi connectivity index (χ0n) is 18.6. The number of nitrogens with one attached hydrogen (secondary N) is 2. The third-order valence-electron chi connectivity index (χ3n) is 5.57. The van der Waals surface area contributed by atoms with E-state index in [9.17, 15) is 5.11 Å². The summed E-state index contributed by atoms with van der Waals surface area (Å²) in [6.45, 7) is 7.80. The van der Waals surface area contributed by atoms with Crippen LogP contribution in [0.3, 0.4) is 0 Å². The first-order valence-electron chi connectivity index (χ1n) is 10.7. The maximum atomic E-state index is 10.8. The van der Waals surface area contributed by atoms with Gasteiger partial charge in [-0.2, -0.15) is 11.3 Å². The van der Waals surface area contributed by atoms with E-state index in [0.29, 0.717) is 19.0 Å². The van der Waals surface area contributed by atoms with E-state index in [-0.39, 0.29) is 30.0 Å². The molecule has 8 heteroatoms. The summed E-state index contributed by atoms with van der Waals surface area (Å²) in [5.41, 5.74) is 1.10. The molecule has 2 unspecified atom stereocenters. The Kier molecular flexibility index (Phi) is 10.5. The van der Waals surface area contributed by atoms with E-state index in [4.69, 9.17) is 4.74 Å². The molecule has 1 saturated heterocycles. The number of aliphatic hydroxyl groups is 1. The van der Waals surface area contributed by atoms with Crippen LogP contribution in [0.15, 0.2) is 46.1 Å². The Morgan fingerprint density at radius 3 is 2.65 bits per heavy atom. The number of para-hydroxylation sites is 1. The molecule has 31 heavy (non-hydrogen) atoms. The van der Waals surface area contributed by atoms with Crippen LogP contribution in [0, 0.1) is 0 Å². The fraction of sp³-hybridized carbons (Fsp3) is 0.522. The molecule has 3 rings (SSSR count). The molecule has 6 nitrogen and oxygen atoms in total. The van der Waals surface area contributed by atoms with Gasteiger partial charge in [-0.3, -0.25) is 4.90 Å². The Morgan fingerprint density at radius 2 is 2.00 bits per heavy atom. The van der Waals surface area contributed by atoms with Crippen LogP contribution in [0.25, 0.3) is 0 Å². The van der Waals surface area contributed by atoms with Crippen LogP contribution in [-0.2, 0) is 5.60 Å². The van der Waals surface area contributed by atoms with Gasteiger partial charge in [-0.05, 0) is 68.2 Å². The summed E-state index contributed by atoms with van der Waals surface area (Å²) in [5, 5.41) is 21.6. The molecule has 0 saturated carbocycles. The number of halogens is 1. The summed E-state index contributed by atoms with van der Waals surface area (Å²) in [7, 11) is 1.73. The highest BCUT2D eigenvalue weighted by Gasteiger charge is 2.27. The zero-order valence-corrected chi connectivity index (χ0v) is 21.8. The van der Waals surface area contributed by atoms with Crippen LogP contribution in [0.2, 0.25) is 0 Å². The molecule has 0 aliphatic carbocycles. The van der Waals surface area contributed by atoms with Crippen LogP contribution in [0.5, 0.6) is 5.75 Å². The molecule has 172 valence electrons. The summed E-state index contributed by atoms with van der Waals surface area (Å²) >= 11 is 1.58. The van der Waals surface area contributed by atoms with E-state index >= 15 is 0 Å². The molecule has 0 spiro atoms. The minimum atomic E-state index is -0.987. The van der Waals surface area contributed by atoms with Gasteiger partial charge in [0.05, 0.1) is 19.7 Å². The van der Waals surface area contributed by atoms with Crippen LogP contribution in [0.4, 0.5) is 0 Å². The standard InChI is InChI=1S/C23H34N4O2S.HI/c1-4-24-22(26-17-23(2,28)18-11-14-30-16-18)25-15-20(27-12-7-8-13-27)19-9-5-6-10-21(19)29-3;/h5-6,9-11,14,16,20,28H,4,7-8,12-13,15,17H2,1-3H3,(H2,24,25,26);1H. The van der Waals surface area contributed by atoms with Gasteiger partial charge in [0, 0.05) is 18.7 Å². The number of methoxy groups -OCH3 is 1. The Labute approximate surface area is 207 Å². The van der Waals surface area contributed by atoms with Crippen molar-refractivity contribution in [1.29, 1.82) is 0 Å². The van der Waals surface area contributed by atoms with Gasteiger partial charge in [0.15, 0.2) is 5.96 Å². The van der Waals surface area contributed by atoms with Crippen molar-refractivity contribution in [1.82, 2.24) is 15.5 Å². The fourth-order valence-corrected chi connectivity index (χ4v) is 4.64. The number of nitrogens with zero attached hydrogens (tertiary/aromatic N) is 2. The highest BCUT2D eigenvalue weighted by Crippen LogP contribution is 2.31. The van der Waals surface area contributed by atoms with Crippen molar-refractivity contribution >= 4 is 41.3 Å². The molecule has 2 atom stereocenters. The number of aliphatic imine (C=N–C) groups is 1. The van der Waals surface area contributed by atoms with Crippen molar-refractivity contribution in [2.24, 2.45) is 4.99 Å². The van der Waals surface area contributed by atoms with Gasteiger partial charge in [0.25, 0.3) is 0 Å². The number of rotatable bonds is 9. The third kappa shape index (κ3) is 7.06. The third-order valence-corrected chi connectivity index (χ3v) is 6.26. The SMILES string of the molecule is CCNC(=NCC(C)(O)c1ccsc1)NCC(c1ccccc1OC)N1CCCC1.I. The summed E-state index contributed by atoms with van der Waals surface area (Å²) in [4.78, 5) is 7.19. The van der Waals surface area contributed by atoms with Gasteiger partial charge < -0.3 is 20.5 Å². The number of benzene rings is 1. The Morgan fingerprint density at radius 1 is 1.26 bits per heavy atom. The van der Waals surface area contributed by atoms with E-state index < -0.39 is 5.60 Å². The summed E-state index contributed by atoms with van der Waals surface area (Å²) in [6, 6.07) is 10.4. The van der Waals surface area contributed by atoms with Crippen molar-refractivity contribution in [3.05, 3.63) is 52.2 Å². The first-order valence-corrected chi connectivity index (χ1v) is 11.6. The maximum absolute atomic E-state index is 10.8. The minimum Gasteiger partial charge on any atom is -0.496 e. The molecular weight excluding hydrogens is 523 g/mol. The van der Waals surface area contributed by atoms with E-state index in [1.807, 2.05) is 42.8 Å². The molecule has 0 radical (unpaired) electrons. The van der Waals surface area contributed by atoms with Crippen molar-refractivity contribution in [2.45, 2.75) is 38.3 Å². The average Bonchev–Trinajstić information content (AvgIpc) is 3.47. The van der Waals surface area contributed by atoms with Gasteiger partial charge >= 0.3 is 0 Å². The van der Waals surface area contributed by atoms with Crippen LogP contribution < -0.4 is 15.4 Å². The summed E-state index contributed by atoms with van der Waals surface area (Å²) in [6.07, 6.45) is 2.45. The second-order valence-electron chi connectivity index (χ2n) is 7.86. The zero-order chi connectivity index (χ0) is 21.4. The van der Waals surface area contributed by atoms with Gasteiger partial charge in [0.2, 0.25) is 0 Å². The largest absolute Gasteiger partial charge is 0.496 e. The molecule has 1 aliphatic rings. The Bertz CT molecular complexity index is 808. The molecule has 0 bridgehead atoms. The molecule has 1 aromatic carbocycles. The first kappa shape index (κ1) is 25.9. The van der Waals surface area contributed by atoms with Crippen LogP contribution in [0.1, 0.15) is 43.9 Å². The topological polar surface area (TPSA) is 69.1 Å². The quantitative estimate of drug-likeness (QED) is 0.247. The van der Waals surface area contributed by atoms with E-state index in [1.165, 1.54) is 18.4 Å². The molecule has 2 heterocycles. The molecule has 1 fully saturated rings. The predicted octanol–water partition coefficient (Wildman–Crippen LogP) is 3.97. The van der Waals surface area contributed by atoms with Gasteiger partial charge in [0.1, 0.15) is 11.4 Å². The molecular formula is C23H35IN4O2S. The molecule has 0 amide bonds. The smallest absolute Gasteiger partial charge is 0.191 e. The van der Waals surface area contributed by atoms with Crippen molar-refractivity contribution in [3.8, 4) is 5.75 Å².